The van der Waals surface area contributed by atoms with E-state index < -0.39 is 17.8 Å². The Morgan fingerprint density at radius 1 is 1.21 bits per heavy atom. The van der Waals surface area contributed by atoms with Gasteiger partial charge < -0.3 is 5.73 Å². The lowest BCUT2D eigenvalue weighted by Gasteiger charge is -2.13. The van der Waals surface area contributed by atoms with Gasteiger partial charge in [-0.2, -0.15) is 13.2 Å². The van der Waals surface area contributed by atoms with E-state index in [1.54, 1.807) is 6.07 Å². The fourth-order valence-corrected chi connectivity index (χ4v) is 3.28. The summed E-state index contributed by atoms with van der Waals surface area (Å²) in [6, 6.07) is 8.57. The smallest absolute Gasteiger partial charge is 0.324 e. The Morgan fingerprint density at radius 3 is 2.53 bits per heavy atom. The van der Waals surface area contributed by atoms with Crippen LogP contribution in [-0.2, 0) is 12.6 Å². The third kappa shape index (κ3) is 3.81. The third-order valence-corrected chi connectivity index (χ3v) is 4.34. The highest BCUT2D eigenvalue weighted by molar-refractivity contribution is 9.11. The molecule has 1 unspecified atom stereocenters. The molecule has 0 amide bonds. The lowest BCUT2D eigenvalue weighted by Crippen LogP contribution is -2.14. The van der Waals surface area contributed by atoms with Gasteiger partial charge >= 0.3 is 6.18 Å². The van der Waals surface area contributed by atoms with Crippen LogP contribution in [0.25, 0.3) is 0 Å². The van der Waals surface area contributed by atoms with Crippen molar-refractivity contribution in [2.24, 2.45) is 5.73 Å². The van der Waals surface area contributed by atoms with Crippen molar-refractivity contribution in [1.29, 1.82) is 0 Å². The molecule has 1 atom stereocenters. The van der Waals surface area contributed by atoms with Crippen LogP contribution in [0.2, 0.25) is 0 Å². The molecular weight excluding hydrogens is 339 g/mol. The number of rotatable bonds is 3. The zero-order chi connectivity index (χ0) is 14.0. The molecule has 1 aromatic carbocycles. The second-order valence-electron chi connectivity index (χ2n) is 4.14. The number of hydrogen-bond acceptors (Lipinski definition) is 2. The van der Waals surface area contributed by atoms with E-state index in [1.807, 2.05) is 12.1 Å². The molecule has 6 heteroatoms. The van der Waals surface area contributed by atoms with Gasteiger partial charge in [-0.25, -0.2) is 0 Å². The van der Waals surface area contributed by atoms with Crippen molar-refractivity contribution in [2.75, 3.05) is 0 Å². The molecule has 1 nitrogen and oxygen atoms in total. The average molecular weight is 350 g/mol. The lowest BCUT2D eigenvalue weighted by molar-refractivity contribution is -0.137. The molecule has 0 aliphatic rings. The SMILES string of the molecule is NC(Cc1ccc(Br)s1)c1cccc(C(F)(F)F)c1. The number of hydrogen-bond donors (Lipinski definition) is 1. The monoisotopic (exact) mass is 349 g/mol. The van der Waals surface area contributed by atoms with Gasteiger partial charge in [-0.05, 0) is 45.8 Å². The third-order valence-electron chi connectivity index (χ3n) is 2.69. The van der Waals surface area contributed by atoms with Crippen molar-refractivity contribution < 1.29 is 13.2 Å². The largest absolute Gasteiger partial charge is 0.416 e. The summed E-state index contributed by atoms with van der Waals surface area (Å²) in [6.45, 7) is 0. The molecule has 1 heterocycles. The van der Waals surface area contributed by atoms with Crippen LogP contribution in [0.1, 0.15) is 22.0 Å². The number of nitrogens with two attached hydrogens (primary N) is 1. The van der Waals surface area contributed by atoms with Crippen LogP contribution in [0.5, 0.6) is 0 Å². The van der Waals surface area contributed by atoms with Gasteiger partial charge in [0.25, 0.3) is 0 Å². The quantitative estimate of drug-likeness (QED) is 0.848. The van der Waals surface area contributed by atoms with Crippen LogP contribution in [0.4, 0.5) is 13.2 Å². The summed E-state index contributed by atoms with van der Waals surface area (Å²) in [5.74, 6) is 0. The average Bonchev–Trinajstić information content (AvgIpc) is 2.74. The minimum Gasteiger partial charge on any atom is -0.324 e. The minimum absolute atomic E-state index is 0.437. The molecule has 102 valence electrons. The fraction of sp³-hybridized carbons (Fsp3) is 0.231. The second kappa shape index (κ2) is 5.64. The summed E-state index contributed by atoms with van der Waals surface area (Å²) in [5, 5.41) is 0. The van der Waals surface area contributed by atoms with Crippen molar-refractivity contribution in [3.63, 3.8) is 0 Å². The Morgan fingerprint density at radius 2 is 1.95 bits per heavy atom. The van der Waals surface area contributed by atoms with Gasteiger partial charge in [-0.15, -0.1) is 11.3 Å². The Bertz CT molecular complexity index is 565. The first-order valence-corrected chi connectivity index (χ1v) is 7.14. The fourth-order valence-electron chi connectivity index (χ4n) is 1.74. The van der Waals surface area contributed by atoms with Crippen molar-refractivity contribution in [3.8, 4) is 0 Å². The topological polar surface area (TPSA) is 26.0 Å². The first-order chi connectivity index (χ1) is 8.86. The summed E-state index contributed by atoms with van der Waals surface area (Å²) in [4.78, 5) is 1.04. The normalized spacial score (nSPS) is 13.5. The van der Waals surface area contributed by atoms with Gasteiger partial charge in [0.2, 0.25) is 0 Å². The Balaban J connectivity index is 2.17. The van der Waals surface area contributed by atoms with Crippen LogP contribution < -0.4 is 5.73 Å². The predicted octanol–water partition coefficient (Wildman–Crippen LogP) is 4.77. The van der Waals surface area contributed by atoms with Crippen LogP contribution >= 0.6 is 27.3 Å². The van der Waals surface area contributed by atoms with E-state index in [0.29, 0.717) is 12.0 Å². The van der Waals surface area contributed by atoms with E-state index >= 15 is 0 Å². The number of thiophene rings is 1. The van der Waals surface area contributed by atoms with Gasteiger partial charge in [-0.1, -0.05) is 12.1 Å². The molecule has 19 heavy (non-hydrogen) atoms. The summed E-state index contributed by atoms with van der Waals surface area (Å²) in [7, 11) is 0. The van der Waals surface area contributed by atoms with Gasteiger partial charge in [0.1, 0.15) is 0 Å². The highest BCUT2D eigenvalue weighted by Crippen LogP contribution is 2.31. The van der Waals surface area contributed by atoms with E-state index in [0.717, 1.165) is 20.8 Å². The zero-order valence-corrected chi connectivity index (χ0v) is 12.1. The van der Waals surface area contributed by atoms with E-state index in [9.17, 15) is 13.2 Å². The number of alkyl halides is 3. The lowest BCUT2D eigenvalue weighted by atomic mass is 10.0. The summed E-state index contributed by atoms with van der Waals surface area (Å²) in [6.07, 6.45) is -3.81. The van der Waals surface area contributed by atoms with Gasteiger partial charge in [0.05, 0.1) is 9.35 Å². The first-order valence-electron chi connectivity index (χ1n) is 5.53. The van der Waals surface area contributed by atoms with Gasteiger partial charge in [0, 0.05) is 17.3 Å². The Kier molecular flexibility index (Phi) is 4.32. The van der Waals surface area contributed by atoms with E-state index in [-0.39, 0.29) is 0 Å². The van der Waals surface area contributed by atoms with Crippen molar-refractivity contribution in [2.45, 2.75) is 18.6 Å². The summed E-state index contributed by atoms with van der Waals surface area (Å²) < 4.78 is 38.8. The minimum atomic E-state index is -4.33. The highest BCUT2D eigenvalue weighted by atomic mass is 79.9. The maximum atomic E-state index is 12.6. The molecule has 0 saturated carbocycles. The molecule has 0 aliphatic carbocycles. The molecule has 0 saturated heterocycles. The van der Waals surface area contributed by atoms with Crippen LogP contribution in [0.3, 0.4) is 0 Å². The second-order valence-corrected chi connectivity index (χ2v) is 6.69. The zero-order valence-electron chi connectivity index (χ0n) is 9.75. The van der Waals surface area contributed by atoms with Crippen molar-refractivity contribution in [1.82, 2.24) is 0 Å². The van der Waals surface area contributed by atoms with E-state index in [1.165, 1.54) is 17.4 Å². The molecule has 0 spiro atoms. The highest BCUT2D eigenvalue weighted by Gasteiger charge is 2.30. The van der Waals surface area contributed by atoms with Crippen LogP contribution in [0.15, 0.2) is 40.2 Å². The first kappa shape index (κ1) is 14.6. The maximum Gasteiger partial charge on any atom is 0.416 e. The molecule has 2 rings (SSSR count). The van der Waals surface area contributed by atoms with Gasteiger partial charge in [0.15, 0.2) is 0 Å². The van der Waals surface area contributed by atoms with Crippen molar-refractivity contribution in [3.05, 3.63) is 56.2 Å². The Hall–Kier alpha value is -0.850. The summed E-state index contributed by atoms with van der Waals surface area (Å²) >= 11 is 4.88. The maximum absolute atomic E-state index is 12.6. The van der Waals surface area contributed by atoms with Crippen LogP contribution in [0, 0.1) is 0 Å². The number of benzene rings is 1. The summed E-state index contributed by atoms with van der Waals surface area (Å²) in [5.41, 5.74) is 5.81. The predicted molar refractivity (Wildman–Crippen MR) is 74.1 cm³/mol. The van der Waals surface area contributed by atoms with E-state index in [4.69, 9.17) is 5.73 Å². The molecule has 0 bridgehead atoms. The molecule has 2 N–H and O–H groups in total. The molecule has 0 aliphatic heterocycles. The Labute approximate surface area is 121 Å². The molecular formula is C13H11BrF3NS. The molecule has 1 aromatic heterocycles. The number of halogens is 4. The van der Waals surface area contributed by atoms with Crippen LogP contribution in [-0.4, -0.2) is 0 Å². The molecule has 0 fully saturated rings. The standard InChI is InChI=1S/C13H11BrF3NS/c14-12-5-4-10(19-12)7-11(18)8-2-1-3-9(6-8)13(15,16)17/h1-6,11H,7,18H2. The molecule has 2 aromatic rings. The molecule has 0 radical (unpaired) electrons. The van der Waals surface area contributed by atoms with Crippen molar-refractivity contribution >= 4 is 27.3 Å². The van der Waals surface area contributed by atoms with E-state index in [2.05, 4.69) is 15.9 Å². The van der Waals surface area contributed by atoms with Gasteiger partial charge in [-0.3, -0.25) is 0 Å².